The van der Waals surface area contributed by atoms with Crippen LogP contribution in [0, 0.1) is 6.92 Å². The lowest BCUT2D eigenvalue weighted by molar-refractivity contribution is 0.0211. The van der Waals surface area contributed by atoms with E-state index in [0.29, 0.717) is 11.6 Å². The molecule has 4 nitrogen and oxygen atoms in total. The Kier molecular flexibility index (Phi) is 3.10. The van der Waals surface area contributed by atoms with Crippen molar-refractivity contribution in [3.63, 3.8) is 0 Å². The fourth-order valence-electron chi connectivity index (χ4n) is 1.60. The average Bonchev–Trinajstić information content (AvgIpc) is 2.24. The molecule has 0 saturated carbocycles. The van der Waals surface area contributed by atoms with Crippen molar-refractivity contribution in [2.45, 2.75) is 13.0 Å². The highest BCUT2D eigenvalue weighted by Gasteiger charge is 2.18. The molecule has 1 aromatic rings. The molecule has 1 saturated heterocycles. The van der Waals surface area contributed by atoms with Gasteiger partial charge in [-0.15, -0.1) is 0 Å². The van der Waals surface area contributed by atoms with Crippen LogP contribution < -0.4 is 10.6 Å². The summed E-state index contributed by atoms with van der Waals surface area (Å²) in [5.41, 5.74) is 2.82. The predicted molar refractivity (Wildman–Crippen MR) is 62.8 cm³/mol. The number of aryl methyl sites for hydroxylation is 1. The van der Waals surface area contributed by atoms with Gasteiger partial charge >= 0.3 is 0 Å². The summed E-state index contributed by atoms with van der Waals surface area (Å²) in [6, 6.07) is 6.04. The molecule has 16 heavy (non-hydrogen) atoms. The topological polar surface area (TPSA) is 50.4 Å². The molecule has 86 valence electrons. The highest BCUT2D eigenvalue weighted by Crippen LogP contribution is 2.19. The number of amides is 1. The van der Waals surface area contributed by atoms with Gasteiger partial charge in [0.1, 0.15) is 0 Å². The summed E-state index contributed by atoms with van der Waals surface area (Å²) in [4.78, 5) is 11.5. The van der Waals surface area contributed by atoms with Gasteiger partial charge in [-0.1, -0.05) is 6.07 Å². The molecule has 0 aromatic heterocycles. The van der Waals surface area contributed by atoms with Crippen molar-refractivity contribution < 1.29 is 9.53 Å². The number of anilines is 1. The van der Waals surface area contributed by atoms with Crippen LogP contribution in [0.4, 0.5) is 5.69 Å². The van der Waals surface area contributed by atoms with Crippen LogP contribution in [-0.2, 0) is 4.74 Å². The van der Waals surface area contributed by atoms with E-state index >= 15 is 0 Å². The number of carbonyl (C=O) groups is 1. The van der Waals surface area contributed by atoms with Gasteiger partial charge in [0, 0.05) is 18.3 Å². The van der Waals surface area contributed by atoms with Crippen LogP contribution >= 0.6 is 0 Å². The quantitative estimate of drug-likeness (QED) is 0.803. The van der Waals surface area contributed by atoms with Crippen molar-refractivity contribution in [1.29, 1.82) is 0 Å². The van der Waals surface area contributed by atoms with Gasteiger partial charge in [0.25, 0.3) is 5.91 Å². The SMILES string of the molecule is CNC(=O)c1ccc(C)c(NC2COC2)c1. The number of benzene rings is 1. The van der Waals surface area contributed by atoms with Crippen LogP contribution in [-0.4, -0.2) is 32.2 Å². The second-order valence-electron chi connectivity index (χ2n) is 3.99. The third-order valence-electron chi connectivity index (χ3n) is 2.72. The third-order valence-corrected chi connectivity index (χ3v) is 2.72. The average molecular weight is 220 g/mol. The third kappa shape index (κ3) is 2.17. The summed E-state index contributed by atoms with van der Waals surface area (Å²) in [5, 5.41) is 5.98. The minimum Gasteiger partial charge on any atom is -0.377 e. The maximum Gasteiger partial charge on any atom is 0.251 e. The Balaban J connectivity index is 2.17. The summed E-state index contributed by atoms with van der Waals surface area (Å²) < 4.78 is 5.10. The van der Waals surface area contributed by atoms with Gasteiger partial charge in [-0.2, -0.15) is 0 Å². The van der Waals surface area contributed by atoms with Crippen molar-refractivity contribution in [2.75, 3.05) is 25.6 Å². The zero-order chi connectivity index (χ0) is 11.5. The molecule has 0 atom stereocenters. The van der Waals surface area contributed by atoms with Crippen molar-refractivity contribution >= 4 is 11.6 Å². The zero-order valence-corrected chi connectivity index (χ0v) is 9.54. The van der Waals surface area contributed by atoms with E-state index in [1.54, 1.807) is 7.05 Å². The molecule has 1 heterocycles. The van der Waals surface area contributed by atoms with Crippen LogP contribution in [0.15, 0.2) is 18.2 Å². The van der Waals surface area contributed by atoms with E-state index in [4.69, 9.17) is 4.74 Å². The maximum absolute atomic E-state index is 11.5. The summed E-state index contributed by atoms with van der Waals surface area (Å²) in [6.45, 7) is 3.50. The molecule has 0 radical (unpaired) electrons. The fraction of sp³-hybridized carbons (Fsp3) is 0.417. The van der Waals surface area contributed by atoms with Crippen molar-refractivity contribution in [3.8, 4) is 0 Å². The molecule has 0 aliphatic carbocycles. The van der Waals surface area contributed by atoms with Gasteiger partial charge in [-0.05, 0) is 24.6 Å². The van der Waals surface area contributed by atoms with E-state index in [2.05, 4.69) is 10.6 Å². The number of hydrogen-bond donors (Lipinski definition) is 2. The molecule has 1 aliphatic rings. The minimum absolute atomic E-state index is 0.0621. The Labute approximate surface area is 95.0 Å². The summed E-state index contributed by atoms with van der Waals surface area (Å²) in [5.74, 6) is -0.0621. The van der Waals surface area contributed by atoms with E-state index in [1.807, 2.05) is 25.1 Å². The van der Waals surface area contributed by atoms with Gasteiger partial charge in [-0.3, -0.25) is 4.79 Å². The summed E-state index contributed by atoms with van der Waals surface area (Å²) >= 11 is 0. The Bertz CT molecular complexity index is 400. The van der Waals surface area contributed by atoms with E-state index in [1.165, 1.54) is 0 Å². The molecule has 2 rings (SSSR count). The Hall–Kier alpha value is -1.55. The number of rotatable bonds is 3. The van der Waals surface area contributed by atoms with E-state index < -0.39 is 0 Å². The molecular formula is C12H16N2O2. The molecule has 1 fully saturated rings. The highest BCUT2D eigenvalue weighted by molar-refractivity contribution is 5.95. The number of carbonyl (C=O) groups excluding carboxylic acids is 1. The van der Waals surface area contributed by atoms with E-state index in [0.717, 1.165) is 24.5 Å². The van der Waals surface area contributed by atoms with Crippen LogP contribution in [0.2, 0.25) is 0 Å². The number of ether oxygens (including phenoxy) is 1. The van der Waals surface area contributed by atoms with Crippen LogP contribution in [0.1, 0.15) is 15.9 Å². The molecule has 0 bridgehead atoms. The first kappa shape index (κ1) is 11.0. The molecular weight excluding hydrogens is 204 g/mol. The summed E-state index contributed by atoms with van der Waals surface area (Å²) in [6.07, 6.45) is 0. The lowest BCUT2D eigenvalue weighted by atomic mass is 10.1. The van der Waals surface area contributed by atoms with E-state index in [-0.39, 0.29) is 5.91 Å². The fourth-order valence-corrected chi connectivity index (χ4v) is 1.60. The van der Waals surface area contributed by atoms with Gasteiger partial charge in [-0.25, -0.2) is 0 Å². The Morgan fingerprint density at radius 1 is 1.44 bits per heavy atom. The highest BCUT2D eigenvalue weighted by atomic mass is 16.5. The second-order valence-corrected chi connectivity index (χ2v) is 3.99. The normalized spacial score (nSPS) is 15.4. The van der Waals surface area contributed by atoms with Gasteiger partial charge in [0.15, 0.2) is 0 Å². The lowest BCUT2D eigenvalue weighted by Gasteiger charge is -2.28. The van der Waals surface area contributed by atoms with Gasteiger partial charge < -0.3 is 15.4 Å². The molecule has 1 aromatic carbocycles. The van der Waals surface area contributed by atoms with Crippen molar-refractivity contribution in [3.05, 3.63) is 29.3 Å². The zero-order valence-electron chi connectivity index (χ0n) is 9.54. The van der Waals surface area contributed by atoms with Crippen LogP contribution in [0.5, 0.6) is 0 Å². The maximum atomic E-state index is 11.5. The van der Waals surface area contributed by atoms with E-state index in [9.17, 15) is 4.79 Å². The Morgan fingerprint density at radius 2 is 2.19 bits per heavy atom. The second kappa shape index (κ2) is 4.53. The standard InChI is InChI=1S/C12H16N2O2/c1-8-3-4-9(12(15)13-2)5-11(8)14-10-6-16-7-10/h3-5,10,14H,6-7H2,1-2H3,(H,13,15). The largest absolute Gasteiger partial charge is 0.377 e. The minimum atomic E-state index is -0.0621. The first-order valence-electron chi connectivity index (χ1n) is 5.37. The van der Waals surface area contributed by atoms with Crippen LogP contribution in [0.25, 0.3) is 0 Å². The van der Waals surface area contributed by atoms with Crippen molar-refractivity contribution in [1.82, 2.24) is 5.32 Å². The summed E-state index contributed by atoms with van der Waals surface area (Å²) in [7, 11) is 1.63. The molecule has 2 N–H and O–H groups in total. The molecule has 4 heteroatoms. The number of hydrogen-bond acceptors (Lipinski definition) is 3. The van der Waals surface area contributed by atoms with Crippen molar-refractivity contribution in [2.24, 2.45) is 0 Å². The first-order chi connectivity index (χ1) is 7.70. The van der Waals surface area contributed by atoms with Gasteiger partial charge in [0.05, 0.1) is 19.3 Å². The molecule has 1 amide bonds. The molecule has 0 unspecified atom stereocenters. The smallest absolute Gasteiger partial charge is 0.251 e. The first-order valence-corrected chi connectivity index (χ1v) is 5.37. The number of nitrogens with one attached hydrogen (secondary N) is 2. The monoisotopic (exact) mass is 220 g/mol. The molecule has 0 spiro atoms. The predicted octanol–water partition coefficient (Wildman–Crippen LogP) is 1.17. The lowest BCUT2D eigenvalue weighted by Crippen LogP contribution is -2.40. The molecule has 1 aliphatic heterocycles. The van der Waals surface area contributed by atoms with Gasteiger partial charge in [0.2, 0.25) is 0 Å². The Morgan fingerprint density at radius 3 is 2.75 bits per heavy atom. The van der Waals surface area contributed by atoms with Crippen LogP contribution in [0.3, 0.4) is 0 Å².